The average molecular weight is 216 g/mol. The summed E-state index contributed by atoms with van der Waals surface area (Å²) in [5, 5.41) is 3.49. The first-order valence-corrected chi connectivity index (χ1v) is 4.86. The highest BCUT2D eigenvalue weighted by molar-refractivity contribution is 5.96. The van der Waals surface area contributed by atoms with E-state index < -0.39 is 0 Å². The van der Waals surface area contributed by atoms with Gasteiger partial charge in [-0.15, -0.1) is 0 Å². The predicted octanol–water partition coefficient (Wildman–Crippen LogP) is 1.48. The van der Waals surface area contributed by atoms with Gasteiger partial charge < -0.3 is 11.1 Å². The Kier molecular flexibility index (Phi) is 2.44. The smallest absolute Gasteiger partial charge is 0.221 e. The summed E-state index contributed by atoms with van der Waals surface area (Å²) in [7, 11) is 0. The third-order valence-corrected chi connectivity index (χ3v) is 2.32. The van der Waals surface area contributed by atoms with Crippen LogP contribution in [0.4, 0.5) is 11.5 Å². The maximum absolute atomic E-state index is 11.0. The van der Waals surface area contributed by atoms with Crippen LogP contribution in [0.15, 0.2) is 18.5 Å². The molecule has 1 heterocycles. The third-order valence-electron chi connectivity index (χ3n) is 2.32. The van der Waals surface area contributed by atoms with E-state index in [0.29, 0.717) is 5.82 Å². The molecule has 0 fully saturated rings. The van der Waals surface area contributed by atoms with E-state index in [1.165, 1.54) is 13.3 Å². The molecule has 2 aromatic rings. The molecular formula is C11H12N4O. The lowest BCUT2D eigenvalue weighted by molar-refractivity contribution is -0.114. The van der Waals surface area contributed by atoms with Gasteiger partial charge in [0.1, 0.15) is 12.1 Å². The quantitative estimate of drug-likeness (QED) is 0.756. The van der Waals surface area contributed by atoms with Gasteiger partial charge >= 0.3 is 0 Å². The van der Waals surface area contributed by atoms with Crippen molar-refractivity contribution in [3.63, 3.8) is 0 Å². The number of hydrogen-bond acceptors (Lipinski definition) is 4. The summed E-state index contributed by atoms with van der Waals surface area (Å²) >= 11 is 0. The second-order valence-corrected chi connectivity index (χ2v) is 3.62. The van der Waals surface area contributed by atoms with Gasteiger partial charge in [-0.25, -0.2) is 9.97 Å². The van der Waals surface area contributed by atoms with E-state index >= 15 is 0 Å². The van der Waals surface area contributed by atoms with Crippen molar-refractivity contribution in [1.29, 1.82) is 0 Å². The van der Waals surface area contributed by atoms with Crippen molar-refractivity contribution in [1.82, 2.24) is 9.97 Å². The number of hydrogen-bond donors (Lipinski definition) is 2. The molecule has 0 atom stereocenters. The standard InChI is InChI=1S/C11H12N4O/c1-6-3-10-8(11(12)14-5-13-10)4-9(6)15-7(2)16/h3-5H,1-2H3,(H,15,16)(H2,12,13,14). The van der Waals surface area contributed by atoms with Crippen LogP contribution in [0.2, 0.25) is 0 Å². The van der Waals surface area contributed by atoms with E-state index in [1.54, 1.807) is 6.07 Å². The molecule has 0 spiro atoms. The first kappa shape index (κ1) is 10.4. The van der Waals surface area contributed by atoms with Gasteiger partial charge in [0, 0.05) is 18.0 Å². The number of aromatic nitrogens is 2. The van der Waals surface area contributed by atoms with Gasteiger partial charge in [-0.05, 0) is 24.6 Å². The molecule has 0 aliphatic rings. The number of fused-ring (bicyclic) bond motifs is 1. The van der Waals surface area contributed by atoms with Gasteiger partial charge in [0.25, 0.3) is 0 Å². The summed E-state index contributed by atoms with van der Waals surface area (Å²) in [6.45, 7) is 3.37. The van der Waals surface area contributed by atoms with Crippen LogP contribution in [-0.4, -0.2) is 15.9 Å². The largest absolute Gasteiger partial charge is 0.383 e. The van der Waals surface area contributed by atoms with Crippen LogP contribution in [0, 0.1) is 6.92 Å². The Bertz CT molecular complexity index is 565. The van der Waals surface area contributed by atoms with Crippen molar-refractivity contribution >= 4 is 28.3 Å². The van der Waals surface area contributed by atoms with Gasteiger partial charge in [-0.3, -0.25) is 4.79 Å². The summed E-state index contributed by atoms with van der Waals surface area (Å²) in [6, 6.07) is 3.67. The van der Waals surface area contributed by atoms with Gasteiger partial charge in [0.05, 0.1) is 5.52 Å². The van der Waals surface area contributed by atoms with Crippen molar-refractivity contribution < 1.29 is 4.79 Å². The number of carbonyl (C=O) groups excluding carboxylic acids is 1. The number of amides is 1. The van der Waals surface area contributed by atoms with Crippen LogP contribution in [0.25, 0.3) is 10.9 Å². The lowest BCUT2D eigenvalue weighted by Gasteiger charge is -2.08. The number of benzene rings is 1. The molecular weight excluding hydrogens is 204 g/mol. The fraction of sp³-hybridized carbons (Fsp3) is 0.182. The van der Waals surface area contributed by atoms with Gasteiger partial charge in [0.15, 0.2) is 0 Å². The van der Waals surface area contributed by atoms with Gasteiger partial charge in [-0.2, -0.15) is 0 Å². The SMILES string of the molecule is CC(=O)Nc1cc2c(N)ncnc2cc1C. The normalized spacial score (nSPS) is 10.4. The zero-order valence-corrected chi connectivity index (χ0v) is 9.11. The fourth-order valence-electron chi connectivity index (χ4n) is 1.55. The number of anilines is 2. The molecule has 5 heteroatoms. The summed E-state index contributed by atoms with van der Waals surface area (Å²) in [5.41, 5.74) is 8.20. The van der Waals surface area contributed by atoms with Gasteiger partial charge in [0.2, 0.25) is 5.91 Å². The third kappa shape index (κ3) is 1.79. The minimum Gasteiger partial charge on any atom is -0.383 e. The Balaban J connectivity index is 2.64. The summed E-state index contributed by atoms with van der Waals surface area (Å²) < 4.78 is 0. The first-order chi connectivity index (χ1) is 7.58. The van der Waals surface area contributed by atoms with Crippen LogP contribution < -0.4 is 11.1 Å². The summed E-state index contributed by atoms with van der Waals surface area (Å²) in [6.07, 6.45) is 1.43. The molecule has 0 aliphatic heterocycles. The number of nitrogens with zero attached hydrogens (tertiary/aromatic N) is 2. The monoisotopic (exact) mass is 216 g/mol. The number of nitrogen functional groups attached to an aromatic ring is 1. The Morgan fingerprint density at radius 2 is 2.12 bits per heavy atom. The Labute approximate surface area is 92.7 Å². The molecule has 0 bridgehead atoms. The number of aryl methyl sites for hydroxylation is 1. The molecule has 82 valence electrons. The Morgan fingerprint density at radius 1 is 1.38 bits per heavy atom. The molecule has 0 saturated carbocycles. The van der Waals surface area contributed by atoms with Gasteiger partial charge in [-0.1, -0.05) is 0 Å². The molecule has 16 heavy (non-hydrogen) atoms. The lowest BCUT2D eigenvalue weighted by atomic mass is 10.1. The van der Waals surface area contributed by atoms with Crippen LogP contribution in [0.1, 0.15) is 12.5 Å². The molecule has 5 nitrogen and oxygen atoms in total. The van der Waals surface area contributed by atoms with E-state index in [0.717, 1.165) is 22.2 Å². The maximum atomic E-state index is 11.0. The molecule has 0 radical (unpaired) electrons. The van der Waals surface area contributed by atoms with Crippen LogP contribution >= 0.6 is 0 Å². The van der Waals surface area contributed by atoms with E-state index in [4.69, 9.17) is 5.73 Å². The average Bonchev–Trinajstić information content (AvgIpc) is 2.20. The Morgan fingerprint density at radius 3 is 2.81 bits per heavy atom. The molecule has 2 rings (SSSR count). The molecule has 0 unspecified atom stereocenters. The Hall–Kier alpha value is -2.17. The first-order valence-electron chi connectivity index (χ1n) is 4.86. The molecule has 1 aromatic carbocycles. The predicted molar refractivity (Wildman–Crippen MR) is 63.0 cm³/mol. The highest BCUT2D eigenvalue weighted by Crippen LogP contribution is 2.24. The number of nitrogens with two attached hydrogens (primary N) is 1. The molecule has 1 aromatic heterocycles. The number of nitrogens with one attached hydrogen (secondary N) is 1. The van der Waals surface area contributed by atoms with E-state index in [9.17, 15) is 4.79 Å². The van der Waals surface area contributed by atoms with Crippen molar-refractivity contribution in [2.45, 2.75) is 13.8 Å². The zero-order chi connectivity index (χ0) is 11.7. The summed E-state index contributed by atoms with van der Waals surface area (Å²) in [4.78, 5) is 19.0. The molecule has 1 amide bonds. The molecule has 0 saturated heterocycles. The topological polar surface area (TPSA) is 80.9 Å². The molecule has 0 aliphatic carbocycles. The highest BCUT2D eigenvalue weighted by Gasteiger charge is 2.06. The molecule has 3 N–H and O–H groups in total. The van der Waals surface area contributed by atoms with Crippen LogP contribution in [0.3, 0.4) is 0 Å². The van der Waals surface area contributed by atoms with E-state index in [-0.39, 0.29) is 5.91 Å². The fourth-order valence-corrected chi connectivity index (χ4v) is 1.55. The zero-order valence-electron chi connectivity index (χ0n) is 9.11. The minimum atomic E-state index is -0.113. The van der Waals surface area contributed by atoms with Crippen molar-refractivity contribution in [3.8, 4) is 0 Å². The maximum Gasteiger partial charge on any atom is 0.221 e. The van der Waals surface area contributed by atoms with E-state index in [1.807, 2.05) is 13.0 Å². The number of rotatable bonds is 1. The summed E-state index contributed by atoms with van der Waals surface area (Å²) in [5.74, 6) is 0.300. The lowest BCUT2D eigenvalue weighted by Crippen LogP contribution is -2.07. The number of carbonyl (C=O) groups is 1. The van der Waals surface area contributed by atoms with Crippen LogP contribution in [-0.2, 0) is 4.79 Å². The van der Waals surface area contributed by atoms with Crippen molar-refractivity contribution in [3.05, 3.63) is 24.0 Å². The second kappa shape index (κ2) is 3.77. The van der Waals surface area contributed by atoms with Crippen molar-refractivity contribution in [2.24, 2.45) is 0 Å². The van der Waals surface area contributed by atoms with E-state index in [2.05, 4.69) is 15.3 Å². The second-order valence-electron chi connectivity index (χ2n) is 3.62. The van der Waals surface area contributed by atoms with Crippen molar-refractivity contribution in [2.75, 3.05) is 11.1 Å². The van der Waals surface area contributed by atoms with Crippen LogP contribution in [0.5, 0.6) is 0 Å². The highest BCUT2D eigenvalue weighted by atomic mass is 16.1. The minimum absolute atomic E-state index is 0.113.